The van der Waals surface area contributed by atoms with Crippen molar-refractivity contribution in [3.05, 3.63) is 35.9 Å². The number of hydrogen-bond donors (Lipinski definition) is 0. The van der Waals surface area contributed by atoms with Gasteiger partial charge in [-0.25, -0.2) is 0 Å². The van der Waals surface area contributed by atoms with Crippen LogP contribution in [0.4, 0.5) is 0 Å². The summed E-state index contributed by atoms with van der Waals surface area (Å²) in [6.07, 6.45) is 3.82. The van der Waals surface area contributed by atoms with Crippen molar-refractivity contribution in [1.29, 1.82) is 0 Å². The quantitative estimate of drug-likeness (QED) is 0.750. The fourth-order valence-corrected chi connectivity index (χ4v) is 3.50. The van der Waals surface area contributed by atoms with Crippen LogP contribution in [0, 0.1) is 0 Å². The van der Waals surface area contributed by atoms with Gasteiger partial charge in [0.05, 0.1) is 12.0 Å². The van der Waals surface area contributed by atoms with Gasteiger partial charge in [0.1, 0.15) is 0 Å². The standard InChI is InChI=1S/C18H25NO3S/c1-3-22-17(21)18(15-7-5-4-6-8-15)10-12-19(13-11-18)16(20)9-14-23-2/h4-8H,3,9-14H2,1-2H3. The van der Waals surface area contributed by atoms with Gasteiger partial charge < -0.3 is 9.64 Å². The maximum Gasteiger partial charge on any atom is 0.316 e. The van der Waals surface area contributed by atoms with E-state index in [1.54, 1.807) is 11.8 Å². The average molecular weight is 335 g/mol. The molecule has 1 fully saturated rings. The van der Waals surface area contributed by atoms with E-state index in [-0.39, 0.29) is 11.9 Å². The summed E-state index contributed by atoms with van der Waals surface area (Å²) in [5.41, 5.74) is 0.378. The number of nitrogens with zero attached hydrogens (tertiary/aromatic N) is 1. The minimum absolute atomic E-state index is 0.164. The Morgan fingerprint density at radius 3 is 2.43 bits per heavy atom. The molecule has 2 rings (SSSR count). The van der Waals surface area contributed by atoms with Crippen LogP contribution in [0.2, 0.25) is 0 Å². The molecule has 5 heteroatoms. The maximum absolute atomic E-state index is 12.6. The first-order valence-electron chi connectivity index (χ1n) is 8.13. The van der Waals surface area contributed by atoms with Gasteiger partial charge in [0.15, 0.2) is 0 Å². The second kappa shape index (κ2) is 8.39. The number of likely N-dealkylation sites (tertiary alicyclic amines) is 1. The molecule has 1 aromatic rings. The van der Waals surface area contributed by atoms with Crippen LogP contribution in [-0.2, 0) is 19.7 Å². The topological polar surface area (TPSA) is 46.6 Å². The summed E-state index contributed by atoms with van der Waals surface area (Å²) in [6, 6.07) is 9.83. The van der Waals surface area contributed by atoms with Gasteiger partial charge in [0.2, 0.25) is 5.91 Å². The van der Waals surface area contributed by atoms with Crippen LogP contribution in [0.3, 0.4) is 0 Å². The van der Waals surface area contributed by atoms with E-state index in [2.05, 4.69) is 0 Å². The van der Waals surface area contributed by atoms with Crippen LogP contribution in [0.5, 0.6) is 0 Å². The Kier molecular flexibility index (Phi) is 6.51. The molecule has 0 spiro atoms. The van der Waals surface area contributed by atoms with Crippen molar-refractivity contribution in [3.63, 3.8) is 0 Å². The molecule has 1 aliphatic heterocycles. The molecule has 1 aliphatic rings. The molecule has 4 nitrogen and oxygen atoms in total. The third-order valence-corrected chi connectivity index (χ3v) is 5.09. The first-order chi connectivity index (χ1) is 11.1. The normalized spacial score (nSPS) is 16.9. The van der Waals surface area contributed by atoms with Gasteiger partial charge in [0, 0.05) is 25.3 Å². The van der Waals surface area contributed by atoms with Gasteiger partial charge in [-0.15, -0.1) is 0 Å². The molecule has 1 heterocycles. The molecule has 0 atom stereocenters. The fourth-order valence-electron chi connectivity index (χ4n) is 3.12. The number of esters is 1. The Morgan fingerprint density at radius 2 is 1.87 bits per heavy atom. The molecular formula is C18H25NO3S. The van der Waals surface area contributed by atoms with Crippen LogP contribution in [0.1, 0.15) is 31.7 Å². The summed E-state index contributed by atoms with van der Waals surface area (Å²) in [7, 11) is 0. The van der Waals surface area contributed by atoms with Crippen molar-refractivity contribution in [2.75, 3.05) is 31.7 Å². The first-order valence-corrected chi connectivity index (χ1v) is 9.53. The average Bonchev–Trinajstić information content (AvgIpc) is 2.60. The molecule has 1 amide bonds. The highest BCUT2D eigenvalue weighted by molar-refractivity contribution is 7.98. The van der Waals surface area contributed by atoms with Crippen molar-refractivity contribution < 1.29 is 14.3 Å². The van der Waals surface area contributed by atoms with Gasteiger partial charge in [-0.3, -0.25) is 9.59 Å². The minimum atomic E-state index is -0.618. The van der Waals surface area contributed by atoms with Gasteiger partial charge in [-0.1, -0.05) is 30.3 Å². The van der Waals surface area contributed by atoms with Gasteiger partial charge >= 0.3 is 5.97 Å². The highest BCUT2D eigenvalue weighted by Gasteiger charge is 2.44. The van der Waals surface area contributed by atoms with E-state index < -0.39 is 5.41 Å². The van der Waals surface area contributed by atoms with Gasteiger partial charge in [-0.05, 0) is 31.6 Å². The molecule has 0 saturated carbocycles. The number of hydrogen-bond acceptors (Lipinski definition) is 4. The largest absolute Gasteiger partial charge is 0.465 e. The minimum Gasteiger partial charge on any atom is -0.465 e. The molecular weight excluding hydrogens is 310 g/mol. The number of carbonyl (C=O) groups is 2. The Balaban J connectivity index is 2.13. The third kappa shape index (κ3) is 4.08. The number of amides is 1. The van der Waals surface area contributed by atoms with E-state index in [0.717, 1.165) is 11.3 Å². The van der Waals surface area contributed by atoms with Crippen LogP contribution >= 0.6 is 11.8 Å². The molecule has 23 heavy (non-hydrogen) atoms. The molecule has 0 bridgehead atoms. The summed E-state index contributed by atoms with van der Waals surface area (Å²) in [5, 5.41) is 0. The zero-order valence-corrected chi connectivity index (χ0v) is 14.7. The molecule has 0 N–H and O–H groups in total. The van der Waals surface area contributed by atoms with Crippen molar-refractivity contribution in [3.8, 4) is 0 Å². The van der Waals surface area contributed by atoms with Crippen LogP contribution in [0.25, 0.3) is 0 Å². The maximum atomic E-state index is 12.6. The Bertz CT molecular complexity index is 524. The lowest BCUT2D eigenvalue weighted by Gasteiger charge is -2.40. The number of rotatable bonds is 6. The number of benzene rings is 1. The third-order valence-electron chi connectivity index (χ3n) is 4.48. The van der Waals surface area contributed by atoms with Gasteiger partial charge in [-0.2, -0.15) is 11.8 Å². The Hall–Kier alpha value is -1.49. The van der Waals surface area contributed by atoms with Crippen LogP contribution < -0.4 is 0 Å². The smallest absolute Gasteiger partial charge is 0.316 e. The molecule has 1 saturated heterocycles. The lowest BCUT2D eigenvalue weighted by Crippen LogP contribution is -2.49. The molecule has 0 aromatic heterocycles. The zero-order valence-electron chi connectivity index (χ0n) is 13.9. The van der Waals surface area contributed by atoms with E-state index in [0.29, 0.717) is 39.0 Å². The SMILES string of the molecule is CCOC(=O)C1(c2ccccc2)CCN(C(=O)CCSC)CC1. The lowest BCUT2D eigenvalue weighted by molar-refractivity contribution is -0.154. The second-order valence-electron chi connectivity index (χ2n) is 5.79. The highest BCUT2D eigenvalue weighted by atomic mass is 32.2. The summed E-state index contributed by atoms with van der Waals surface area (Å²) >= 11 is 1.68. The van der Waals surface area contributed by atoms with E-state index in [1.165, 1.54) is 0 Å². The predicted molar refractivity (Wildman–Crippen MR) is 93.6 cm³/mol. The molecule has 0 unspecified atom stereocenters. The second-order valence-corrected chi connectivity index (χ2v) is 6.78. The summed E-state index contributed by atoms with van der Waals surface area (Å²) in [6.45, 7) is 3.43. The summed E-state index contributed by atoms with van der Waals surface area (Å²) in [5.74, 6) is 0.865. The highest BCUT2D eigenvalue weighted by Crippen LogP contribution is 2.37. The van der Waals surface area contributed by atoms with Crippen LogP contribution in [0.15, 0.2) is 30.3 Å². The van der Waals surface area contributed by atoms with Crippen molar-refractivity contribution in [2.45, 2.75) is 31.6 Å². The molecule has 1 aromatic carbocycles. The monoisotopic (exact) mass is 335 g/mol. The van der Waals surface area contributed by atoms with Gasteiger partial charge in [0.25, 0.3) is 0 Å². The predicted octanol–water partition coefficient (Wildman–Crippen LogP) is 2.86. The van der Waals surface area contributed by atoms with Crippen molar-refractivity contribution >= 4 is 23.6 Å². The summed E-state index contributed by atoms with van der Waals surface area (Å²) in [4.78, 5) is 26.7. The van der Waals surface area contributed by atoms with E-state index in [1.807, 2.05) is 48.4 Å². The molecule has 0 radical (unpaired) electrons. The molecule has 0 aliphatic carbocycles. The Morgan fingerprint density at radius 1 is 1.22 bits per heavy atom. The van der Waals surface area contributed by atoms with E-state index in [4.69, 9.17) is 4.74 Å². The van der Waals surface area contributed by atoms with Crippen LogP contribution in [-0.4, -0.2) is 48.5 Å². The number of piperidine rings is 1. The van der Waals surface area contributed by atoms with E-state index >= 15 is 0 Å². The number of carbonyl (C=O) groups excluding carboxylic acids is 2. The van der Waals surface area contributed by atoms with E-state index in [9.17, 15) is 9.59 Å². The van der Waals surface area contributed by atoms with Crippen molar-refractivity contribution in [1.82, 2.24) is 4.90 Å². The van der Waals surface area contributed by atoms with Crippen molar-refractivity contribution in [2.24, 2.45) is 0 Å². The Labute approximate surface area is 142 Å². The fraction of sp³-hybridized carbons (Fsp3) is 0.556. The first kappa shape index (κ1) is 17.9. The zero-order chi connectivity index (χ0) is 16.7. The molecule has 126 valence electrons. The summed E-state index contributed by atoms with van der Waals surface area (Å²) < 4.78 is 5.35. The number of ether oxygens (including phenoxy) is 1. The number of thioether (sulfide) groups is 1. The lowest BCUT2D eigenvalue weighted by atomic mass is 9.72.